The molecule has 0 fully saturated rings. The Morgan fingerprint density at radius 1 is 0.947 bits per heavy atom. The fourth-order valence-electron chi connectivity index (χ4n) is 1.46. The van der Waals surface area contributed by atoms with Crippen LogP contribution in [0.2, 0.25) is 0 Å². The number of hydrogen-bond donors (Lipinski definition) is 2. The van der Waals surface area contributed by atoms with Crippen molar-refractivity contribution < 1.29 is 13.2 Å². The van der Waals surface area contributed by atoms with Crippen molar-refractivity contribution >= 4 is 15.7 Å². The minimum atomic E-state index is -3.60. The maximum absolute atomic E-state index is 12.0. The number of nitrogens with one attached hydrogen (secondary N) is 2. The lowest BCUT2D eigenvalue weighted by molar-refractivity contribution is 0.414. The van der Waals surface area contributed by atoms with Crippen molar-refractivity contribution in [3.63, 3.8) is 0 Å². The third kappa shape index (κ3) is 3.46. The molecule has 2 aromatic rings. The highest BCUT2D eigenvalue weighted by Gasteiger charge is 2.13. The summed E-state index contributed by atoms with van der Waals surface area (Å²) in [6, 6.07) is 15.1. The lowest BCUT2D eigenvalue weighted by atomic mass is 10.3. The van der Waals surface area contributed by atoms with Crippen LogP contribution in [0.4, 0.5) is 5.69 Å². The summed E-state index contributed by atoms with van der Waals surface area (Å²) in [6.07, 6.45) is 0. The Morgan fingerprint density at radius 3 is 2.16 bits per heavy atom. The van der Waals surface area contributed by atoms with Gasteiger partial charge < -0.3 is 10.2 Å². The molecule has 0 atom stereocenters. The normalized spacial score (nSPS) is 11.0. The van der Waals surface area contributed by atoms with E-state index in [-0.39, 0.29) is 4.90 Å². The molecule has 0 unspecified atom stereocenters. The minimum Gasteiger partial charge on any atom is -0.497 e. The van der Waals surface area contributed by atoms with Gasteiger partial charge in [0, 0.05) is 5.69 Å². The van der Waals surface area contributed by atoms with Crippen molar-refractivity contribution in [1.29, 1.82) is 0 Å². The second-order valence-corrected chi connectivity index (χ2v) is 5.45. The molecule has 6 heteroatoms. The van der Waals surface area contributed by atoms with E-state index < -0.39 is 10.0 Å². The summed E-state index contributed by atoms with van der Waals surface area (Å²) < 4.78 is 29.0. The van der Waals surface area contributed by atoms with Crippen molar-refractivity contribution in [3.8, 4) is 5.75 Å². The van der Waals surface area contributed by atoms with Crippen LogP contribution in [0.1, 0.15) is 0 Å². The van der Waals surface area contributed by atoms with Crippen molar-refractivity contribution in [2.24, 2.45) is 0 Å². The van der Waals surface area contributed by atoms with Gasteiger partial charge in [-0.25, -0.2) is 8.42 Å². The Morgan fingerprint density at radius 2 is 1.58 bits per heavy atom. The molecule has 0 bridgehead atoms. The molecule has 0 saturated carbocycles. The predicted octanol–water partition coefficient (Wildman–Crippen LogP) is 2.00. The first-order valence-electron chi connectivity index (χ1n) is 5.59. The van der Waals surface area contributed by atoms with Crippen LogP contribution in [0.5, 0.6) is 5.75 Å². The number of hydrazine groups is 1. The molecule has 100 valence electrons. The van der Waals surface area contributed by atoms with Crippen LogP contribution in [0.3, 0.4) is 0 Å². The van der Waals surface area contributed by atoms with Crippen LogP contribution < -0.4 is 15.0 Å². The van der Waals surface area contributed by atoms with Gasteiger partial charge in [-0.05, 0) is 36.4 Å². The zero-order valence-electron chi connectivity index (χ0n) is 10.3. The van der Waals surface area contributed by atoms with E-state index in [1.807, 2.05) is 18.2 Å². The molecule has 0 aliphatic carbocycles. The van der Waals surface area contributed by atoms with E-state index in [1.165, 1.54) is 19.2 Å². The fourth-order valence-corrected chi connectivity index (χ4v) is 2.33. The molecule has 0 spiro atoms. The number of para-hydroxylation sites is 1. The Balaban J connectivity index is 2.09. The van der Waals surface area contributed by atoms with Gasteiger partial charge in [-0.15, -0.1) is 4.83 Å². The van der Waals surface area contributed by atoms with E-state index in [9.17, 15) is 8.42 Å². The lowest BCUT2D eigenvalue weighted by Gasteiger charge is -2.09. The van der Waals surface area contributed by atoms with E-state index in [1.54, 1.807) is 24.3 Å². The van der Waals surface area contributed by atoms with Gasteiger partial charge in [-0.2, -0.15) is 0 Å². The fraction of sp³-hybridized carbons (Fsp3) is 0.0769. The van der Waals surface area contributed by atoms with Crippen LogP contribution in [0.25, 0.3) is 0 Å². The summed E-state index contributed by atoms with van der Waals surface area (Å²) in [5, 5.41) is 0. The molecule has 19 heavy (non-hydrogen) atoms. The van der Waals surface area contributed by atoms with E-state index >= 15 is 0 Å². The first kappa shape index (κ1) is 13.4. The van der Waals surface area contributed by atoms with E-state index in [0.29, 0.717) is 11.4 Å². The highest BCUT2D eigenvalue weighted by atomic mass is 32.2. The number of benzene rings is 2. The maximum atomic E-state index is 12.0. The van der Waals surface area contributed by atoms with E-state index in [2.05, 4.69) is 10.3 Å². The Kier molecular flexibility index (Phi) is 4.03. The van der Waals surface area contributed by atoms with Gasteiger partial charge in [0.2, 0.25) is 0 Å². The first-order chi connectivity index (χ1) is 9.12. The molecule has 0 aliphatic heterocycles. The van der Waals surface area contributed by atoms with Crippen LogP contribution in [0.15, 0.2) is 59.5 Å². The smallest absolute Gasteiger partial charge is 0.257 e. The molecule has 0 aromatic heterocycles. The summed E-state index contributed by atoms with van der Waals surface area (Å²) in [5.41, 5.74) is 3.31. The minimum absolute atomic E-state index is 0.164. The monoisotopic (exact) mass is 278 g/mol. The molecule has 0 heterocycles. The Labute approximate surface area is 112 Å². The number of hydrogen-bond acceptors (Lipinski definition) is 4. The summed E-state index contributed by atoms with van der Waals surface area (Å²) in [5.74, 6) is 0.606. The largest absolute Gasteiger partial charge is 0.497 e. The Bertz CT molecular complexity index is 625. The molecule has 2 N–H and O–H groups in total. The van der Waals surface area contributed by atoms with Gasteiger partial charge in [-0.1, -0.05) is 18.2 Å². The van der Waals surface area contributed by atoms with Crippen LogP contribution in [0, 0.1) is 0 Å². The summed E-state index contributed by atoms with van der Waals surface area (Å²) in [7, 11) is -2.07. The molecule has 0 saturated heterocycles. The molecule has 2 aromatic carbocycles. The molecule has 2 rings (SSSR count). The standard InChI is InChI=1S/C13H14N2O3S/c1-18-12-7-9-13(10-8-12)19(16,17)15-14-11-5-3-2-4-6-11/h2-10,14-15H,1H3. The van der Waals surface area contributed by atoms with Crippen molar-refractivity contribution in [2.45, 2.75) is 4.90 Å². The topological polar surface area (TPSA) is 67.4 Å². The average molecular weight is 278 g/mol. The van der Waals surface area contributed by atoms with Crippen molar-refractivity contribution in [2.75, 3.05) is 12.5 Å². The van der Waals surface area contributed by atoms with Gasteiger partial charge in [-0.3, -0.25) is 0 Å². The van der Waals surface area contributed by atoms with Gasteiger partial charge in [0.15, 0.2) is 0 Å². The number of anilines is 1. The summed E-state index contributed by atoms with van der Waals surface area (Å²) in [6.45, 7) is 0. The van der Waals surface area contributed by atoms with Crippen LogP contribution >= 0.6 is 0 Å². The Hall–Kier alpha value is -2.05. The highest BCUT2D eigenvalue weighted by molar-refractivity contribution is 7.89. The molecule has 0 amide bonds. The zero-order valence-corrected chi connectivity index (χ0v) is 11.1. The van der Waals surface area contributed by atoms with Gasteiger partial charge in [0.1, 0.15) is 5.75 Å². The quantitative estimate of drug-likeness (QED) is 0.821. The van der Waals surface area contributed by atoms with Gasteiger partial charge in [0.05, 0.1) is 12.0 Å². The average Bonchev–Trinajstić information content (AvgIpc) is 2.46. The number of rotatable bonds is 5. The zero-order chi connectivity index (χ0) is 13.7. The molecular weight excluding hydrogens is 264 g/mol. The number of sulfonamides is 1. The summed E-state index contributed by atoms with van der Waals surface area (Å²) in [4.78, 5) is 2.47. The van der Waals surface area contributed by atoms with Crippen molar-refractivity contribution in [1.82, 2.24) is 4.83 Å². The maximum Gasteiger partial charge on any atom is 0.257 e. The third-order valence-corrected chi connectivity index (χ3v) is 3.74. The molecule has 5 nitrogen and oxygen atoms in total. The number of ether oxygens (including phenoxy) is 1. The van der Waals surface area contributed by atoms with Gasteiger partial charge >= 0.3 is 0 Å². The predicted molar refractivity (Wildman–Crippen MR) is 73.4 cm³/mol. The SMILES string of the molecule is COc1ccc(S(=O)(=O)NNc2ccccc2)cc1. The molecular formula is C13H14N2O3S. The van der Waals surface area contributed by atoms with Crippen LogP contribution in [-0.4, -0.2) is 15.5 Å². The van der Waals surface area contributed by atoms with Crippen LogP contribution in [-0.2, 0) is 10.0 Å². The first-order valence-corrected chi connectivity index (χ1v) is 7.07. The second-order valence-electron chi connectivity index (χ2n) is 3.77. The second kappa shape index (κ2) is 5.73. The van der Waals surface area contributed by atoms with E-state index in [4.69, 9.17) is 4.74 Å². The summed E-state index contributed by atoms with van der Waals surface area (Å²) >= 11 is 0. The lowest BCUT2D eigenvalue weighted by Crippen LogP contribution is -2.29. The van der Waals surface area contributed by atoms with E-state index in [0.717, 1.165) is 0 Å². The third-order valence-electron chi connectivity index (χ3n) is 2.47. The van der Waals surface area contributed by atoms with Gasteiger partial charge in [0.25, 0.3) is 10.0 Å². The number of methoxy groups -OCH3 is 1. The molecule has 0 radical (unpaired) electrons. The molecule has 0 aliphatic rings. The van der Waals surface area contributed by atoms with Crippen molar-refractivity contribution in [3.05, 3.63) is 54.6 Å². The highest BCUT2D eigenvalue weighted by Crippen LogP contribution is 2.15.